The van der Waals surface area contributed by atoms with Crippen molar-refractivity contribution in [1.82, 2.24) is 15.5 Å². The minimum absolute atomic E-state index is 0.0548. The molecule has 2 amide bonds. The highest BCUT2D eigenvalue weighted by Crippen LogP contribution is 2.22. The maximum absolute atomic E-state index is 12.3. The topological polar surface area (TPSA) is 61.4 Å². The van der Waals surface area contributed by atoms with Gasteiger partial charge >= 0.3 is 0 Å². The van der Waals surface area contributed by atoms with Crippen molar-refractivity contribution < 1.29 is 9.59 Å². The van der Waals surface area contributed by atoms with Crippen LogP contribution in [0, 0.1) is 0 Å². The van der Waals surface area contributed by atoms with Crippen molar-refractivity contribution in [3.63, 3.8) is 0 Å². The fourth-order valence-electron chi connectivity index (χ4n) is 3.33. The van der Waals surface area contributed by atoms with Crippen molar-refractivity contribution in [1.29, 1.82) is 0 Å². The molecule has 5 heteroatoms. The Labute approximate surface area is 120 Å². The second kappa shape index (κ2) is 6.12. The van der Waals surface area contributed by atoms with E-state index in [1.165, 1.54) is 25.7 Å². The minimum Gasteiger partial charge on any atom is -0.352 e. The van der Waals surface area contributed by atoms with Gasteiger partial charge in [0.05, 0.1) is 6.54 Å². The van der Waals surface area contributed by atoms with Crippen LogP contribution in [-0.2, 0) is 9.59 Å². The van der Waals surface area contributed by atoms with E-state index < -0.39 is 0 Å². The maximum Gasteiger partial charge on any atom is 0.243 e. The number of nitrogens with one attached hydrogen (secondary N) is 2. The predicted molar refractivity (Wildman–Crippen MR) is 76.2 cm³/mol. The Balaban J connectivity index is 1.48. The molecule has 5 nitrogen and oxygen atoms in total. The molecular weight excluding hydrogens is 254 g/mol. The average molecular weight is 279 g/mol. The lowest BCUT2D eigenvalue weighted by Crippen LogP contribution is -2.49. The zero-order valence-electron chi connectivity index (χ0n) is 12.1. The molecule has 0 bridgehead atoms. The van der Waals surface area contributed by atoms with Crippen LogP contribution >= 0.6 is 0 Å². The second-order valence-electron chi connectivity index (χ2n) is 6.39. The number of hydrogen-bond acceptors (Lipinski definition) is 3. The third-order valence-corrected chi connectivity index (χ3v) is 4.70. The zero-order valence-corrected chi connectivity index (χ0v) is 12.1. The van der Waals surface area contributed by atoms with Crippen molar-refractivity contribution in [2.45, 2.75) is 69.5 Å². The quantitative estimate of drug-likeness (QED) is 0.782. The summed E-state index contributed by atoms with van der Waals surface area (Å²) in [5, 5.41) is 6.37. The molecule has 1 atom stereocenters. The molecule has 1 heterocycles. The van der Waals surface area contributed by atoms with Crippen LogP contribution < -0.4 is 10.6 Å². The molecule has 3 aliphatic rings. The smallest absolute Gasteiger partial charge is 0.243 e. The largest absolute Gasteiger partial charge is 0.352 e. The van der Waals surface area contributed by atoms with Gasteiger partial charge in [0, 0.05) is 18.6 Å². The number of likely N-dealkylation sites (tertiary alicyclic amines) is 1. The standard InChI is InChI=1S/C15H25N3O2/c19-14(10-16-11-4-1-2-5-11)18-9-3-6-13(18)15(20)17-12-7-8-12/h11-13,16H,1-10H2,(H,17,20). The van der Waals surface area contributed by atoms with Crippen molar-refractivity contribution in [2.75, 3.05) is 13.1 Å². The van der Waals surface area contributed by atoms with Crippen LogP contribution in [0.3, 0.4) is 0 Å². The van der Waals surface area contributed by atoms with E-state index in [1.54, 1.807) is 4.90 Å². The molecule has 2 saturated carbocycles. The van der Waals surface area contributed by atoms with Gasteiger partial charge in [0.25, 0.3) is 0 Å². The minimum atomic E-state index is -0.228. The van der Waals surface area contributed by atoms with Gasteiger partial charge in [0.2, 0.25) is 11.8 Å². The first-order valence-corrected chi connectivity index (χ1v) is 8.07. The molecule has 1 unspecified atom stereocenters. The number of amides is 2. The third kappa shape index (κ3) is 3.32. The molecule has 20 heavy (non-hydrogen) atoms. The molecule has 2 N–H and O–H groups in total. The Morgan fingerprint density at radius 3 is 2.40 bits per heavy atom. The summed E-state index contributed by atoms with van der Waals surface area (Å²) in [5.74, 6) is 0.143. The molecule has 3 fully saturated rings. The van der Waals surface area contributed by atoms with E-state index >= 15 is 0 Å². The third-order valence-electron chi connectivity index (χ3n) is 4.70. The number of nitrogens with zero attached hydrogens (tertiary/aromatic N) is 1. The molecule has 0 aromatic heterocycles. The van der Waals surface area contributed by atoms with Gasteiger partial charge in [-0.25, -0.2) is 0 Å². The number of carbonyl (C=O) groups excluding carboxylic acids is 2. The molecule has 0 aromatic carbocycles. The van der Waals surface area contributed by atoms with Crippen LogP contribution in [0.4, 0.5) is 0 Å². The first kappa shape index (κ1) is 13.9. The van der Waals surface area contributed by atoms with Crippen LogP contribution in [0.2, 0.25) is 0 Å². The molecule has 0 radical (unpaired) electrons. The van der Waals surface area contributed by atoms with Crippen LogP contribution in [0.5, 0.6) is 0 Å². The predicted octanol–water partition coefficient (Wildman–Crippen LogP) is 0.788. The Morgan fingerprint density at radius 2 is 1.70 bits per heavy atom. The van der Waals surface area contributed by atoms with Gasteiger partial charge in [-0.2, -0.15) is 0 Å². The monoisotopic (exact) mass is 279 g/mol. The van der Waals surface area contributed by atoms with Crippen molar-refractivity contribution in [3.8, 4) is 0 Å². The summed E-state index contributed by atoms with van der Waals surface area (Å²) in [7, 11) is 0. The van der Waals surface area contributed by atoms with Gasteiger partial charge < -0.3 is 15.5 Å². The summed E-state index contributed by atoms with van der Waals surface area (Å²) >= 11 is 0. The van der Waals surface area contributed by atoms with Crippen molar-refractivity contribution in [2.24, 2.45) is 0 Å². The highest BCUT2D eigenvalue weighted by atomic mass is 16.2. The number of hydrogen-bond donors (Lipinski definition) is 2. The Hall–Kier alpha value is -1.10. The average Bonchev–Trinajstić information content (AvgIpc) is 2.98. The Kier molecular flexibility index (Phi) is 4.24. The molecule has 0 aromatic rings. The van der Waals surface area contributed by atoms with Crippen LogP contribution in [0.25, 0.3) is 0 Å². The lowest BCUT2D eigenvalue weighted by molar-refractivity contribution is -0.137. The lowest BCUT2D eigenvalue weighted by Gasteiger charge is -2.25. The summed E-state index contributed by atoms with van der Waals surface area (Å²) in [5.41, 5.74) is 0. The Morgan fingerprint density at radius 1 is 0.950 bits per heavy atom. The van der Waals surface area contributed by atoms with Gasteiger partial charge in [-0.05, 0) is 38.5 Å². The molecule has 3 rings (SSSR count). The SMILES string of the molecule is O=C(NC1CC1)C1CCCN1C(=O)CNC1CCCC1. The van der Waals surface area contributed by atoms with E-state index in [2.05, 4.69) is 10.6 Å². The van der Waals surface area contributed by atoms with E-state index in [0.717, 1.165) is 32.2 Å². The second-order valence-corrected chi connectivity index (χ2v) is 6.39. The van der Waals surface area contributed by atoms with Crippen molar-refractivity contribution in [3.05, 3.63) is 0 Å². The van der Waals surface area contributed by atoms with E-state index in [0.29, 0.717) is 18.6 Å². The fraction of sp³-hybridized carbons (Fsp3) is 0.867. The zero-order chi connectivity index (χ0) is 13.9. The van der Waals surface area contributed by atoms with E-state index in [-0.39, 0.29) is 17.9 Å². The molecule has 0 spiro atoms. The first-order chi connectivity index (χ1) is 9.74. The van der Waals surface area contributed by atoms with E-state index in [4.69, 9.17) is 0 Å². The van der Waals surface area contributed by atoms with Gasteiger partial charge in [0.15, 0.2) is 0 Å². The molecule has 2 aliphatic carbocycles. The molecular formula is C15H25N3O2. The maximum atomic E-state index is 12.3. The summed E-state index contributed by atoms with van der Waals surface area (Å²) in [6, 6.07) is 0.644. The number of rotatable bonds is 5. The van der Waals surface area contributed by atoms with Crippen molar-refractivity contribution >= 4 is 11.8 Å². The van der Waals surface area contributed by atoms with E-state index in [1.807, 2.05) is 0 Å². The van der Waals surface area contributed by atoms with Gasteiger partial charge in [-0.3, -0.25) is 9.59 Å². The summed E-state index contributed by atoms with van der Waals surface area (Å²) in [6.07, 6.45) is 8.83. The highest BCUT2D eigenvalue weighted by molar-refractivity contribution is 5.89. The lowest BCUT2D eigenvalue weighted by atomic mass is 10.2. The van der Waals surface area contributed by atoms with Crippen LogP contribution in [0.1, 0.15) is 51.4 Å². The van der Waals surface area contributed by atoms with Gasteiger partial charge in [0.1, 0.15) is 6.04 Å². The van der Waals surface area contributed by atoms with E-state index in [9.17, 15) is 9.59 Å². The van der Waals surface area contributed by atoms with Crippen LogP contribution in [0.15, 0.2) is 0 Å². The summed E-state index contributed by atoms with van der Waals surface area (Å²) < 4.78 is 0. The van der Waals surface area contributed by atoms with Gasteiger partial charge in [-0.1, -0.05) is 12.8 Å². The number of carbonyl (C=O) groups is 2. The summed E-state index contributed by atoms with van der Waals surface area (Å²) in [6.45, 7) is 1.12. The summed E-state index contributed by atoms with van der Waals surface area (Å²) in [4.78, 5) is 26.2. The first-order valence-electron chi connectivity index (χ1n) is 8.07. The Bertz CT molecular complexity index is 375. The molecule has 1 saturated heterocycles. The molecule has 1 aliphatic heterocycles. The molecule has 112 valence electrons. The van der Waals surface area contributed by atoms with Gasteiger partial charge in [-0.15, -0.1) is 0 Å². The van der Waals surface area contributed by atoms with Crippen LogP contribution in [-0.4, -0.2) is 47.9 Å². The normalized spacial score (nSPS) is 27.0. The highest BCUT2D eigenvalue weighted by Gasteiger charge is 2.36. The fourth-order valence-corrected chi connectivity index (χ4v) is 3.33.